The van der Waals surface area contributed by atoms with E-state index in [-0.39, 0.29) is 35.8 Å². The van der Waals surface area contributed by atoms with Crippen molar-refractivity contribution in [2.24, 2.45) is 5.92 Å². The van der Waals surface area contributed by atoms with Gasteiger partial charge in [0.2, 0.25) is 17.7 Å². The molecular formula is C40H42Cl2N6O6. The molecule has 0 unspecified atom stereocenters. The van der Waals surface area contributed by atoms with Crippen molar-refractivity contribution >= 4 is 46.8 Å². The molecule has 3 aliphatic rings. The first-order valence-electron chi connectivity index (χ1n) is 18.2. The Bertz CT molecular complexity index is 2050. The van der Waals surface area contributed by atoms with Crippen LogP contribution in [-0.2, 0) is 29.1 Å². The number of carboxylic acids is 1. The summed E-state index contributed by atoms with van der Waals surface area (Å²) in [5.41, 5.74) is 5.76. The van der Waals surface area contributed by atoms with Crippen LogP contribution >= 0.6 is 23.2 Å². The Balaban J connectivity index is 1.01. The fraction of sp³-hybridized carbons (Fsp3) is 0.375. The average molecular weight is 774 g/mol. The highest BCUT2D eigenvalue weighted by Gasteiger charge is 2.30. The lowest BCUT2D eigenvalue weighted by Gasteiger charge is -2.30. The Morgan fingerprint density at radius 3 is 2.63 bits per heavy atom. The van der Waals surface area contributed by atoms with Crippen molar-refractivity contribution < 1.29 is 29.0 Å². The zero-order chi connectivity index (χ0) is 37.8. The largest absolute Gasteiger partial charge is 0.481 e. The summed E-state index contributed by atoms with van der Waals surface area (Å²) in [6.45, 7) is 3.05. The molecule has 2 aromatic carbocycles. The van der Waals surface area contributed by atoms with Crippen LogP contribution in [0.4, 0.5) is 5.82 Å². The number of aliphatic carboxylic acids is 1. The number of halogens is 2. The standard InChI is InChI=1S/C40H42Cl2N6O6/c1-53-38-25(19-43-20-26-11-15-35(49)45-26)17-32(41)39(47-38)54-33-13-12-28-27(6-2-7-29(28)33)30-8-3-9-31(36(30)42)37(50)46-34-14-10-23(18-44-34)21-48-16-4-5-24(22-48)40(51)52/h2-3,6-10,14,17-18,24,26,33,43H,4-5,11-13,15-16,19-22H2,1H3,(H,45,49)(H,51,52)(H,44,46,50)/t24-,26-,33-/m0/s1. The molecule has 4 heterocycles. The van der Waals surface area contributed by atoms with Gasteiger partial charge < -0.3 is 30.5 Å². The highest BCUT2D eigenvalue weighted by atomic mass is 35.5. The van der Waals surface area contributed by atoms with Gasteiger partial charge in [0, 0.05) is 56.0 Å². The Morgan fingerprint density at radius 2 is 1.87 bits per heavy atom. The van der Waals surface area contributed by atoms with E-state index in [1.165, 1.54) is 0 Å². The summed E-state index contributed by atoms with van der Waals surface area (Å²) >= 11 is 13.7. The number of pyridine rings is 2. The van der Waals surface area contributed by atoms with Crippen molar-refractivity contribution in [3.05, 3.63) is 98.7 Å². The third-order valence-electron chi connectivity index (χ3n) is 10.3. The van der Waals surface area contributed by atoms with E-state index in [1.807, 2.05) is 36.4 Å². The van der Waals surface area contributed by atoms with Gasteiger partial charge in [-0.05, 0) is 79.1 Å². The zero-order valence-corrected chi connectivity index (χ0v) is 31.4. The number of carbonyl (C=O) groups is 3. The van der Waals surface area contributed by atoms with E-state index in [2.05, 4.69) is 30.8 Å². The number of carboxylic acid groups (broad SMARTS) is 1. The minimum atomic E-state index is -0.756. The predicted octanol–water partition coefficient (Wildman–Crippen LogP) is 6.44. The molecule has 4 N–H and O–H groups in total. The van der Waals surface area contributed by atoms with Gasteiger partial charge >= 0.3 is 5.97 Å². The number of hydrogen-bond donors (Lipinski definition) is 4. The van der Waals surface area contributed by atoms with E-state index in [4.69, 9.17) is 32.7 Å². The summed E-state index contributed by atoms with van der Waals surface area (Å²) in [6.07, 6.45) is 5.71. The molecule has 0 radical (unpaired) electrons. The van der Waals surface area contributed by atoms with E-state index in [0.29, 0.717) is 72.7 Å². The molecule has 2 fully saturated rings. The maximum atomic E-state index is 13.5. The first-order chi connectivity index (χ1) is 26.2. The number of likely N-dealkylation sites (tertiary alicyclic amines) is 1. The van der Waals surface area contributed by atoms with Crippen LogP contribution in [0.25, 0.3) is 11.1 Å². The number of hydrogen-bond acceptors (Lipinski definition) is 9. The van der Waals surface area contributed by atoms with E-state index in [1.54, 1.807) is 31.5 Å². The summed E-state index contributed by atoms with van der Waals surface area (Å²) in [5, 5.41) is 19.3. The molecule has 2 aliphatic heterocycles. The van der Waals surface area contributed by atoms with Crippen LogP contribution in [0.15, 0.2) is 60.8 Å². The second kappa shape index (κ2) is 16.7. The Kier molecular flexibility index (Phi) is 11.6. The summed E-state index contributed by atoms with van der Waals surface area (Å²) < 4.78 is 12.0. The average Bonchev–Trinajstić information content (AvgIpc) is 3.79. The lowest BCUT2D eigenvalue weighted by Crippen LogP contribution is -2.38. The van der Waals surface area contributed by atoms with E-state index >= 15 is 0 Å². The van der Waals surface area contributed by atoms with Gasteiger partial charge in [0.05, 0.1) is 23.6 Å². The van der Waals surface area contributed by atoms with Crippen molar-refractivity contribution in [3.8, 4) is 22.9 Å². The molecule has 2 saturated heterocycles. The summed E-state index contributed by atoms with van der Waals surface area (Å²) in [5.74, 6) is -0.336. The molecule has 14 heteroatoms. The minimum absolute atomic E-state index is 0.0759. The number of anilines is 1. The molecule has 0 saturated carbocycles. The number of fused-ring (bicyclic) bond motifs is 1. The first-order valence-corrected chi connectivity index (χ1v) is 18.9. The lowest BCUT2D eigenvalue weighted by atomic mass is 9.95. The number of nitrogens with zero attached hydrogens (tertiary/aromatic N) is 3. The maximum absolute atomic E-state index is 13.5. The second-order valence-electron chi connectivity index (χ2n) is 14.0. The van der Waals surface area contributed by atoms with Gasteiger partial charge in [0.15, 0.2) is 0 Å². The van der Waals surface area contributed by atoms with Crippen molar-refractivity contribution in [2.75, 3.05) is 32.1 Å². The van der Waals surface area contributed by atoms with Crippen LogP contribution in [0.1, 0.15) is 70.8 Å². The van der Waals surface area contributed by atoms with Crippen LogP contribution in [0.3, 0.4) is 0 Å². The Labute approximate surface area is 323 Å². The van der Waals surface area contributed by atoms with Gasteiger partial charge in [-0.15, -0.1) is 0 Å². The molecule has 282 valence electrons. The molecule has 12 nitrogen and oxygen atoms in total. The number of amides is 2. The minimum Gasteiger partial charge on any atom is -0.481 e. The highest BCUT2D eigenvalue weighted by Crippen LogP contribution is 2.43. The number of nitrogens with one attached hydrogen (secondary N) is 3. The molecule has 2 amide bonds. The highest BCUT2D eigenvalue weighted by molar-refractivity contribution is 6.37. The Hall–Kier alpha value is -4.75. The predicted molar refractivity (Wildman–Crippen MR) is 205 cm³/mol. The fourth-order valence-corrected chi connectivity index (χ4v) is 8.10. The summed E-state index contributed by atoms with van der Waals surface area (Å²) in [4.78, 5) is 47.6. The number of rotatable bonds is 13. The van der Waals surface area contributed by atoms with Gasteiger partial charge in [-0.1, -0.05) is 59.6 Å². The van der Waals surface area contributed by atoms with Gasteiger partial charge in [-0.25, -0.2) is 4.98 Å². The van der Waals surface area contributed by atoms with Gasteiger partial charge in [-0.3, -0.25) is 19.3 Å². The number of benzene rings is 2. The van der Waals surface area contributed by atoms with Crippen molar-refractivity contribution in [3.63, 3.8) is 0 Å². The number of carbonyl (C=O) groups excluding carboxylic acids is 2. The van der Waals surface area contributed by atoms with Gasteiger partial charge in [-0.2, -0.15) is 4.98 Å². The van der Waals surface area contributed by atoms with Crippen LogP contribution in [0, 0.1) is 5.92 Å². The van der Waals surface area contributed by atoms with Crippen LogP contribution in [0.2, 0.25) is 10.0 Å². The first kappa shape index (κ1) is 37.6. The third-order valence-corrected chi connectivity index (χ3v) is 11.0. The smallest absolute Gasteiger partial charge is 0.307 e. The van der Waals surface area contributed by atoms with Crippen molar-refractivity contribution in [2.45, 2.75) is 63.8 Å². The van der Waals surface area contributed by atoms with E-state index in [0.717, 1.165) is 59.2 Å². The Morgan fingerprint density at radius 1 is 1.04 bits per heavy atom. The SMILES string of the molecule is COc1nc(O[C@H]2CCc3c(-c4cccc(C(=O)Nc5ccc(CN6CCC[C@H](C(=O)O)C6)cn5)c4Cl)cccc32)c(Cl)cc1CNC[C@@H]1CCC(=O)N1. The van der Waals surface area contributed by atoms with Crippen LogP contribution in [-0.4, -0.2) is 70.5 Å². The molecule has 4 aromatic rings. The topological polar surface area (TPSA) is 155 Å². The molecule has 54 heavy (non-hydrogen) atoms. The molecular weight excluding hydrogens is 731 g/mol. The normalized spacial score (nSPS) is 19.6. The number of piperidine rings is 1. The fourth-order valence-electron chi connectivity index (χ4n) is 7.57. The maximum Gasteiger partial charge on any atom is 0.307 e. The zero-order valence-electron chi connectivity index (χ0n) is 29.9. The second-order valence-corrected chi connectivity index (χ2v) is 14.8. The van der Waals surface area contributed by atoms with Crippen molar-refractivity contribution in [1.29, 1.82) is 0 Å². The molecule has 0 spiro atoms. The van der Waals surface area contributed by atoms with Crippen LogP contribution < -0.4 is 25.4 Å². The summed E-state index contributed by atoms with van der Waals surface area (Å²) in [6, 6.07) is 16.9. The van der Waals surface area contributed by atoms with Crippen molar-refractivity contribution in [1.82, 2.24) is 25.5 Å². The quantitative estimate of drug-likeness (QED) is 0.119. The lowest BCUT2D eigenvalue weighted by molar-refractivity contribution is -0.143. The summed E-state index contributed by atoms with van der Waals surface area (Å²) in [7, 11) is 1.56. The van der Waals surface area contributed by atoms with Gasteiger partial charge in [0.1, 0.15) is 16.9 Å². The number of aromatic nitrogens is 2. The molecule has 7 rings (SSSR count). The molecule has 0 bridgehead atoms. The van der Waals surface area contributed by atoms with Gasteiger partial charge in [0.25, 0.3) is 5.91 Å². The van der Waals surface area contributed by atoms with E-state index < -0.39 is 5.97 Å². The van der Waals surface area contributed by atoms with E-state index in [9.17, 15) is 19.5 Å². The molecule has 3 atom stereocenters. The molecule has 1 aliphatic carbocycles. The third kappa shape index (κ3) is 8.47. The number of methoxy groups -OCH3 is 1. The monoisotopic (exact) mass is 772 g/mol. The molecule has 2 aromatic heterocycles. The van der Waals surface area contributed by atoms with Crippen LogP contribution in [0.5, 0.6) is 11.8 Å². The number of ether oxygens (including phenoxy) is 2.